The molecule has 0 saturated heterocycles. The molecule has 0 bridgehead atoms. The number of carbonyl (C=O) groups excluding carboxylic acids is 1. The molecule has 0 atom stereocenters. The van der Waals surface area contributed by atoms with Gasteiger partial charge in [-0.05, 0) is 24.3 Å². The molecule has 0 saturated carbocycles. The second-order valence-electron chi connectivity index (χ2n) is 4.27. The molecular weight excluding hydrogens is 288 g/mol. The zero-order chi connectivity index (χ0) is 15.6. The van der Waals surface area contributed by atoms with Gasteiger partial charge in [-0.25, -0.2) is 17.6 Å². The largest absolute Gasteiger partial charge is 0.398 e. The summed E-state index contributed by atoms with van der Waals surface area (Å²) in [4.78, 5) is 11.8. The number of hydrogen-bond acceptors (Lipinski definition) is 2. The number of amides is 1. The van der Waals surface area contributed by atoms with Gasteiger partial charge in [-0.1, -0.05) is 0 Å². The van der Waals surface area contributed by atoms with Crippen LogP contribution in [0.5, 0.6) is 0 Å². The summed E-state index contributed by atoms with van der Waals surface area (Å²) in [5.74, 6) is -4.59. The molecule has 1 amide bonds. The first kappa shape index (κ1) is 14.8. The molecule has 0 heterocycles. The number of nitrogens with one attached hydrogen (secondary N) is 1. The lowest BCUT2D eigenvalue weighted by atomic mass is 10.1. The highest BCUT2D eigenvalue weighted by Gasteiger charge is 2.15. The van der Waals surface area contributed by atoms with Gasteiger partial charge >= 0.3 is 0 Å². The van der Waals surface area contributed by atoms with Crippen molar-refractivity contribution in [2.75, 3.05) is 5.73 Å². The van der Waals surface area contributed by atoms with Gasteiger partial charge in [0.2, 0.25) is 0 Å². The number of benzene rings is 2. The Morgan fingerprint density at radius 1 is 1.00 bits per heavy atom. The fraction of sp³-hybridized carbons (Fsp3) is 0.0714. The fourth-order valence-electron chi connectivity index (χ4n) is 1.71. The highest BCUT2D eigenvalue weighted by molar-refractivity contribution is 5.99. The Morgan fingerprint density at radius 3 is 2.38 bits per heavy atom. The summed E-state index contributed by atoms with van der Waals surface area (Å²) < 4.78 is 52.3. The monoisotopic (exact) mass is 298 g/mol. The van der Waals surface area contributed by atoms with Crippen molar-refractivity contribution in [1.29, 1.82) is 0 Å². The fourth-order valence-corrected chi connectivity index (χ4v) is 1.71. The van der Waals surface area contributed by atoms with Gasteiger partial charge in [0.15, 0.2) is 11.6 Å². The average molecular weight is 298 g/mol. The Labute approximate surface area is 117 Å². The normalized spacial score (nSPS) is 10.5. The maximum absolute atomic E-state index is 13.4. The number of nitrogen functional groups attached to an aromatic ring is 1. The van der Waals surface area contributed by atoms with E-state index in [4.69, 9.17) is 5.73 Å². The van der Waals surface area contributed by atoms with Crippen molar-refractivity contribution in [2.24, 2.45) is 0 Å². The van der Waals surface area contributed by atoms with Crippen molar-refractivity contribution < 1.29 is 22.4 Å². The Kier molecular flexibility index (Phi) is 4.11. The van der Waals surface area contributed by atoms with E-state index in [1.807, 2.05) is 0 Å². The lowest BCUT2D eigenvalue weighted by Crippen LogP contribution is -2.24. The first-order valence-electron chi connectivity index (χ1n) is 5.85. The maximum Gasteiger partial charge on any atom is 0.253 e. The molecule has 3 nitrogen and oxygen atoms in total. The summed E-state index contributed by atoms with van der Waals surface area (Å²) >= 11 is 0. The minimum absolute atomic E-state index is 0.0792. The Balaban J connectivity index is 2.15. The van der Waals surface area contributed by atoms with Crippen molar-refractivity contribution in [3.05, 3.63) is 64.7 Å². The van der Waals surface area contributed by atoms with Gasteiger partial charge in [0.05, 0.1) is 5.56 Å². The second kappa shape index (κ2) is 5.82. The quantitative estimate of drug-likeness (QED) is 0.676. The van der Waals surface area contributed by atoms with E-state index < -0.39 is 29.2 Å². The van der Waals surface area contributed by atoms with E-state index in [2.05, 4.69) is 5.32 Å². The van der Waals surface area contributed by atoms with Crippen LogP contribution in [0.3, 0.4) is 0 Å². The topological polar surface area (TPSA) is 55.1 Å². The minimum atomic E-state index is -1.23. The molecule has 21 heavy (non-hydrogen) atoms. The molecule has 0 unspecified atom stereocenters. The van der Waals surface area contributed by atoms with Crippen molar-refractivity contribution in [1.82, 2.24) is 5.32 Å². The van der Waals surface area contributed by atoms with Crippen molar-refractivity contribution in [3.8, 4) is 0 Å². The Hall–Kier alpha value is -2.57. The maximum atomic E-state index is 13.4. The molecule has 110 valence electrons. The van der Waals surface area contributed by atoms with Gasteiger partial charge in [0.1, 0.15) is 11.6 Å². The van der Waals surface area contributed by atoms with Crippen LogP contribution in [0.15, 0.2) is 30.3 Å². The second-order valence-corrected chi connectivity index (χ2v) is 4.27. The lowest BCUT2D eigenvalue weighted by Gasteiger charge is -2.09. The molecule has 0 aliphatic heterocycles. The summed E-state index contributed by atoms with van der Waals surface area (Å²) in [5.41, 5.74) is 4.79. The molecule has 0 radical (unpaired) electrons. The highest BCUT2D eigenvalue weighted by atomic mass is 19.2. The average Bonchev–Trinajstić information content (AvgIpc) is 2.43. The van der Waals surface area contributed by atoms with Gasteiger partial charge in [-0.2, -0.15) is 0 Å². The van der Waals surface area contributed by atoms with Crippen LogP contribution in [0.4, 0.5) is 23.2 Å². The number of nitrogens with two attached hydrogens (primary N) is 1. The molecule has 7 heteroatoms. The van der Waals surface area contributed by atoms with Gasteiger partial charge in [-0.3, -0.25) is 4.79 Å². The molecule has 0 spiro atoms. The summed E-state index contributed by atoms with van der Waals surface area (Å²) in [6.07, 6.45) is 0. The molecule has 0 aromatic heterocycles. The van der Waals surface area contributed by atoms with E-state index in [0.717, 1.165) is 18.2 Å². The van der Waals surface area contributed by atoms with Crippen molar-refractivity contribution in [3.63, 3.8) is 0 Å². The zero-order valence-electron chi connectivity index (χ0n) is 10.6. The lowest BCUT2D eigenvalue weighted by molar-refractivity contribution is 0.0951. The molecule has 2 aromatic carbocycles. The van der Waals surface area contributed by atoms with Gasteiger partial charge in [0.25, 0.3) is 5.91 Å². The van der Waals surface area contributed by atoms with Crippen LogP contribution >= 0.6 is 0 Å². The van der Waals surface area contributed by atoms with Crippen LogP contribution in [-0.2, 0) is 6.54 Å². The molecule has 2 rings (SSSR count). The Morgan fingerprint density at radius 2 is 1.67 bits per heavy atom. The smallest absolute Gasteiger partial charge is 0.253 e. The van der Waals surface area contributed by atoms with Gasteiger partial charge in [0, 0.05) is 23.9 Å². The number of hydrogen-bond donors (Lipinski definition) is 2. The predicted molar refractivity (Wildman–Crippen MR) is 68.3 cm³/mol. The molecular formula is C14H10F4N2O. The van der Waals surface area contributed by atoms with Crippen molar-refractivity contribution in [2.45, 2.75) is 6.54 Å². The first-order chi connectivity index (χ1) is 9.88. The Bertz CT molecular complexity index is 704. The van der Waals surface area contributed by atoms with Gasteiger partial charge < -0.3 is 11.1 Å². The number of rotatable bonds is 3. The van der Waals surface area contributed by atoms with E-state index in [1.54, 1.807) is 0 Å². The van der Waals surface area contributed by atoms with E-state index in [0.29, 0.717) is 12.1 Å². The summed E-state index contributed by atoms with van der Waals surface area (Å²) in [6, 6.07) is 4.09. The van der Waals surface area contributed by atoms with Crippen molar-refractivity contribution >= 4 is 11.6 Å². The zero-order valence-corrected chi connectivity index (χ0v) is 10.6. The van der Waals surface area contributed by atoms with Crippen LogP contribution in [-0.4, -0.2) is 5.91 Å². The number of halogens is 4. The van der Waals surface area contributed by atoms with Crippen LogP contribution in [0.1, 0.15) is 15.9 Å². The van der Waals surface area contributed by atoms with Crippen LogP contribution in [0.2, 0.25) is 0 Å². The molecule has 0 aliphatic carbocycles. The third-order valence-corrected chi connectivity index (χ3v) is 2.78. The third kappa shape index (κ3) is 3.31. The molecule has 0 fully saturated rings. The van der Waals surface area contributed by atoms with Crippen LogP contribution in [0, 0.1) is 23.3 Å². The number of carbonyl (C=O) groups is 1. The number of anilines is 1. The van der Waals surface area contributed by atoms with E-state index in [9.17, 15) is 22.4 Å². The van der Waals surface area contributed by atoms with Gasteiger partial charge in [-0.15, -0.1) is 0 Å². The third-order valence-electron chi connectivity index (χ3n) is 2.78. The SMILES string of the molecule is Nc1cc(F)c(F)cc1C(=O)NCc1cc(F)ccc1F. The highest BCUT2D eigenvalue weighted by Crippen LogP contribution is 2.17. The van der Waals surface area contributed by atoms with E-state index >= 15 is 0 Å². The minimum Gasteiger partial charge on any atom is -0.398 e. The predicted octanol–water partition coefficient (Wildman–Crippen LogP) is 2.76. The molecule has 3 N–H and O–H groups in total. The molecule has 0 aliphatic rings. The van der Waals surface area contributed by atoms with E-state index in [-0.39, 0.29) is 23.4 Å². The first-order valence-corrected chi connectivity index (χ1v) is 5.85. The van der Waals surface area contributed by atoms with Crippen LogP contribution < -0.4 is 11.1 Å². The summed E-state index contributed by atoms with van der Waals surface area (Å²) in [6.45, 7) is -0.319. The standard InChI is InChI=1S/C14H10F4N2O/c15-8-1-2-10(16)7(3-8)6-20-14(21)9-4-11(17)12(18)5-13(9)19/h1-5H,6,19H2,(H,20,21). The summed E-state index contributed by atoms with van der Waals surface area (Å²) in [7, 11) is 0. The molecule has 2 aromatic rings. The van der Waals surface area contributed by atoms with E-state index in [1.165, 1.54) is 0 Å². The van der Waals surface area contributed by atoms with Crippen LogP contribution in [0.25, 0.3) is 0 Å². The summed E-state index contributed by atoms with van der Waals surface area (Å²) in [5, 5.41) is 2.26.